The van der Waals surface area contributed by atoms with Crippen LogP contribution in [0.5, 0.6) is 0 Å². The molecular formula is C11H17N3O. The fourth-order valence-corrected chi connectivity index (χ4v) is 1.25. The quantitative estimate of drug-likeness (QED) is 0.650. The van der Waals surface area contributed by atoms with Gasteiger partial charge in [0.15, 0.2) is 0 Å². The van der Waals surface area contributed by atoms with Crippen LogP contribution >= 0.6 is 0 Å². The van der Waals surface area contributed by atoms with Crippen LogP contribution in [-0.2, 0) is 4.79 Å². The Hall–Kier alpha value is -1.71. The Morgan fingerprint density at radius 2 is 2.13 bits per heavy atom. The number of carbonyl (C=O) groups is 1. The SMILES string of the molecule is CCNC(=O)C(C)Nc1ccccc1N. The van der Waals surface area contributed by atoms with Gasteiger partial charge in [0.2, 0.25) is 5.91 Å². The standard InChI is InChI=1S/C11H17N3O/c1-3-13-11(15)8(2)14-10-7-5-4-6-9(10)12/h4-8,14H,3,12H2,1-2H3,(H,13,15). The summed E-state index contributed by atoms with van der Waals surface area (Å²) >= 11 is 0. The van der Waals surface area contributed by atoms with Crippen LogP contribution in [-0.4, -0.2) is 18.5 Å². The zero-order valence-corrected chi connectivity index (χ0v) is 9.08. The van der Waals surface area contributed by atoms with Crippen molar-refractivity contribution in [3.63, 3.8) is 0 Å². The zero-order valence-electron chi connectivity index (χ0n) is 9.08. The second-order valence-corrected chi connectivity index (χ2v) is 3.35. The average molecular weight is 207 g/mol. The first-order valence-corrected chi connectivity index (χ1v) is 5.04. The number of nitrogens with two attached hydrogens (primary N) is 1. The maximum absolute atomic E-state index is 11.4. The second kappa shape index (κ2) is 5.24. The smallest absolute Gasteiger partial charge is 0.242 e. The fourth-order valence-electron chi connectivity index (χ4n) is 1.25. The number of carbonyl (C=O) groups excluding carboxylic acids is 1. The molecule has 0 bridgehead atoms. The molecule has 1 amide bonds. The lowest BCUT2D eigenvalue weighted by Crippen LogP contribution is -2.37. The molecule has 15 heavy (non-hydrogen) atoms. The van der Waals surface area contributed by atoms with Gasteiger partial charge in [-0.3, -0.25) is 4.79 Å². The predicted molar refractivity (Wildman–Crippen MR) is 62.6 cm³/mol. The zero-order chi connectivity index (χ0) is 11.3. The number of para-hydroxylation sites is 2. The van der Waals surface area contributed by atoms with Gasteiger partial charge in [-0.25, -0.2) is 0 Å². The van der Waals surface area contributed by atoms with Gasteiger partial charge in [-0.2, -0.15) is 0 Å². The van der Waals surface area contributed by atoms with E-state index < -0.39 is 0 Å². The molecular weight excluding hydrogens is 190 g/mol. The van der Waals surface area contributed by atoms with E-state index in [4.69, 9.17) is 5.73 Å². The Balaban J connectivity index is 2.62. The van der Waals surface area contributed by atoms with E-state index in [2.05, 4.69) is 10.6 Å². The molecule has 4 N–H and O–H groups in total. The highest BCUT2D eigenvalue weighted by Gasteiger charge is 2.11. The van der Waals surface area contributed by atoms with Crippen LogP contribution < -0.4 is 16.4 Å². The normalized spacial score (nSPS) is 11.9. The Morgan fingerprint density at radius 1 is 1.47 bits per heavy atom. The number of likely N-dealkylation sites (N-methyl/N-ethyl adjacent to an activating group) is 1. The summed E-state index contributed by atoms with van der Waals surface area (Å²) in [6.07, 6.45) is 0. The summed E-state index contributed by atoms with van der Waals surface area (Å²) in [4.78, 5) is 11.4. The molecule has 0 radical (unpaired) electrons. The van der Waals surface area contributed by atoms with Crippen molar-refractivity contribution in [2.45, 2.75) is 19.9 Å². The van der Waals surface area contributed by atoms with Crippen molar-refractivity contribution in [3.05, 3.63) is 24.3 Å². The third kappa shape index (κ3) is 3.16. The molecule has 1 rings (SSSR count). The van der Waals surface area contributed by atoms with Gasteiger partial charge in [0.05, 0.1) is 11.4 Å². The van der Waals surface area contributed by atoms with Crippen molar-refractivity contribution < 1.29 is 4.79 Å². The lowest BCUT2D eigenvalue weighted by atomic mass is 10.2. The molecule has 4 nitrogen and oxygen atoms in total. The summed E-state index contributed by atoms with van der Waals surface area (Å²) in [7, 11) is 0. The van der Waals surface area contributed by atoms with Gasteiger partial charge in [-0.15, -0.1) is 0 Å². The first-order chi connectivity index (χ1) is 7.15. The van der Waals surface area contributed by atoms with E-state index >= 15 is 0 Å². The molecule has 0 aliphatic rings. The Labute approximate surface area is 89.9 Å². The van der Waals surface area contributed by atoms with Crippen LogP contribution in [0.4, 0.5) is 11.4 Å². The molecule has 0 saturated heterocycles. The topological polar surface area (TPSA) is 67.2 Å². The van der Waals surface area contributed by atoms with Gasteiger partial charge < -0.3 is 16.4 Å². The number of hydrogen-bond acceptors (Lipinski definition) is 3. The molecule has 1 aromatic carbocycles. The van der Waals surface area contributed by atoms with Crippen LogP contribution in [0, 0.1) is 0 Å². The number of nitrogens with one attached hydrogen (secondary N) is 2. The summed E-state index contributed by atoms with van der Waals surface area (Å²) in [5.41, 5.74) is 7.18. The summed E-state index contributed by atoms with van der Waals surface area (Å²) in [5.74, 6) is -0.0271. The van der Waals surface area contributed by atoms with Crippen molar-refractivity contribution in [2.24, 2.45) is 0 Å². The van der Waals surface area contributed by atoms with E-state index in [1.165, 1.54) is 0 Å². The highest BCUT2D eigenvalue weighted by molar-refractivity contribution is 5.85. The molecule has 0 aliphatic heterocycles. The predicted octanol–water partition coefficient (Wildman–Crippen LogP) is 1.21. The second-order valence-electron chi connectivity index (χ2n) is 3.35. The van der Waals surface area contributed by atoms with Gasteiger partial charge in [0, 0.05) is 6.54 Å². The lowest BCUT2D eigenvalue weighted by molar-refractivity contribution is -0.121. The van der Waals surface area contributed by atoms with Gasteiger partial charge in [0.25, 0.3) is 0 Å². The van der Waals surface area contributed by atoms with E-state index in [0.29, 0.717) is 12.2 Å². The van der Waals surface area contributed by atoms with Crippen LogP contribution in [0.2, 0.25) is 0 Å². The van der Waals surface area contributed by atoms with Gasteiger partial charge >= 0.3 is 0 Å². The van der Waals surface area contributed by atoms with Crippen LogP contribution in [0.25, 0.3) is 0 Å². The first-order valence-electron chi connectivity index (χ1n) is 5.04. The molecule has 82 valence electrons. The highest BCUT2D eigenvalue weighted by atomic mass is 16.2. The van der Waals surface area contributed by atoms with E-state index in [0.717, 1.165) is 5.69 Å². The Kier molecular flexibility index (Phi) is 3.97. The summed E-state index contributed by atoms with van der Waals surface area (Å²) < 4.78 is 0. The Morgan fingerprint density at radius 3 is 2.73 bits per heavy atom. The molecule has 0 spiro atoms. The molecule has 0 heterocycles. The minimum atomic E-state index is -0.283. The third-order valence-electron chi connectivity index (χ3n) is 2.08. The number of rotatable bonds is 4. The maximum Gasteiger partial charge on any atom is 0.242 e. The van der Waals surface area contributed by atoms with Crippen LogP contribution in [0.1, 0.15) is 13.8 Å². The lowest BCUT2D eigenvalue weighted by Gasteiger charge is -2.15. The average Bonchev–Trinajstić information content (AvgIpc) is 2.21. The minimum Gasteiger partial charge on any atom is -0.397 e. The van der Waals surface area contributed by atoms with E-state index in [1.54, 1.807) is 13.0 Å². The summed E-state index contributed by atoms with van der Waals surface area (Å²) in [6, 6.07) is 7.10. The first kappa shape index (κ1) is 11.4. The van der Waals surface area contributed by atoms with Crippen molar-refractivity contribution in [2.75, 3.05) is 17.6 Å². The molecule has 0 aromatic heterocycles. The molecule has 4 heteroatoms. The number of amides is 1. The van der Waals surface area contributed by atoms with Crippen LogP contribution in [0.3, 0.4) is 0 Å². The number of benzene rings is 1. The molecule has 1 atom stereocenters. The Bertz CT molecular complexity index is 338. The number of hydrogen-bond donors (Lipinski definition) is 3. The van der Waals surface area contributed by atoms with Crippen LogP contribution in [0.15, 0.2) is 24.3 Å². The minimum absolute atomic E-state index is 0.0271. The van der Waals surface area contributed by atoms with E-state index in [9.17, 15) is 4.79 Å². The number of anilines is 2. The third-order valence-corrected chi connectivity index (χ3v) is 2.08. The molecule has 1 aromatic rings. The summed E-state index contributed by atoms with van der Waals surface area (Å²) in [5, 5.41) is 5.80. The molecule has 0 saturated carbocycles. The van der Waals surface area contributed by atoms with Crippen molar-refractivity contribution in [1.82, 2.24) is 5.32 Å². The van der Waals surface area contributed by atoms with Gasteiger partial charge in [-0.1, -0.05) is 12.1 Å². The molecule has 0 aliphatic carbocycles. The summed E-state index contributed by atoms with van der Waals surface area (Å²) in [6.45, 7) is 4.33. The molecule has 0 fully saturated rings. The fraction of sp³-hybridized carbons (Fsp3) is 0.364. The largest absolute Gasteiger partial charge is 0.397 e. The van der Waals surface area contributed by atoms with Crippen molar-refractivity contribution in [3.8, 4) is 0 Å². The monoisotopic (exact) mass is 207 g/mol. The maximum atomic E-state index is 11.4. The number of nitrogen functional groups attached to an aromatic ring is 1. The van der Waals surface area contributed by atoms with E-state index in [-0.39, 0.29) is 11.9 Å². The van der Waals surface area contributed by atoms with E-state index in [1.807, 2.05) is 25.1 Å². The van der Waals surface area contributed by atoms with Gasteiger partial charge in [0.1, 0.15) is 6.04 Å². The highest BCUT2D eigenvalue weighted by Crippen LogP contribution is 2.17. The van der Waals surface area contributed by atoms with Crippen molar-refractivity contribution >= 4 is 17.3 Å². The van der Waals surface area contributed by atoms with Crippen molar-refractivity contribution in [1.29, 1.82) is 0 Å². The van der Waals surface area contributed by atoms with Gasteiger partial charge in [-0.05, 0) is 26.0 Å². The molecule has 1 unspecified atom stereocenters.